The molecule has 2 atom stereocenters. The Balaban J connectivity index is 1.93. The zero-order valence-electron chi connectivity index (χ0n) is 13.4. The Morgan fingerprint density at radius 1 is 1.43 bits per heavy atom. The predicted molar refractivity (Wildman–Crippen MR) is 87.4 cm³/mol. The van der Waals surface area contributed by atoms with Crippen LogP contribution in [0.25, 0.3) is 0 Å². The van der Waals surface area contributed by atoms with Crippen molar-refractivity contribution in [3.8, 4) is 0 Å². The van der Waals surface area contributed by atoms with E-state index in [1.807, 2.05) is 32.0 Å². The second-order valence-corrected chi connectivity index (χ2v) is 6.31. The molecular formula is C17H27N3O. The summed E-state index contributed by atoms with van der Waals surface area (Å²) in [5.41, 5.74) is 9.16. The van der Waals surface area contributed by atoms with Crippen LogP contribution in [0.5, 0.6) is 0 Å². The van der Waals surface area contributed by atoms with Gasteiger partial charge < -0.3 is 11.1 Å². The SMILES string of the molecule is Cc1cccc(C)c1NC(=O)CN1CCCC(C(C)N)C1. The molecule has 1 aliphatic rings. The van der Waals surface area contributed by atoms with Gasteiger partial charge >= 0.3 is 0 Å². The molecule has 2 unspecified atom stereocenters. The van der Waals surface area contributed by atoms with Gasteiger partial charge in [-0.25, -0.2) is 0 Å². The minimum atomic E-state index is 0.0673. The molecule has 0 bridgehead atoms. The number of para-hydroxylation sites is 1. The highest BCUT2D eigenvalue weighted by atomic mass is 16.2. The van der Waals surface area contributed by atoms with Crippen LogP contribution in [0, 0.1) is 19.8 Å². The van der Waals surface area contributed by atoms with Gasteiger partial charge in [-0.3, -0.25) is 9.69 Å². The van der Waals surface area contributed by atoms with Crippen LogP contribution >= 0.6 is 0 Å². The molecule has 1 heterocycles. The van der Waals surface area contributed by atoms with Crippen molar-refractivity contribution in [3.05, 3.63) is 29.3 Å². The summed E-state index contributed by atoms with van der Waals surface area (Å²) in [5.74, 6) is 0.574. The average Bonchev–Trinajstić information content (AvgIpc) is 2.43. The number of nitrogens with one attached hydrogen (secondary N) is 1. The Labute approximate surface area is 127 Å². The maximum absolute atomic E-state index is 12.3. The second-order valence-electron chi connectivity index (χ2n) is 6.31. The minimum Gasteiger partial charge on any atom is -0.328 e. The van der Waals surface area contributed by atoms with Gasteiger partial charge in [-0.2, -0.15) is 0 Å². The molecule has 2 rings (SSSR count). The normalized spacial score (nSPS) is 21.0. The average molecular weight is 289 g/mol. The standard InChI is InChI=1S/C17H27N3O/c1-12-6-4-7-13(2)17(12)19-16(21)11-20-9-5-8-15(10-20)14(3)18/h4,6-7,14-15H,5,8-11,18H2,1-3H3,(H,19,21). The van der Waals surface area contributed by atoms with E-state index in [9.17, 15) is 4.79 Å². The third kappa shape index (κ3) is 4.29. The molecule has 3 N–H and O–H groups in total. The number of carbonyl (C=O) groups is 1. The van der Waals surface area contributed by atoms with E-state index < -0.39 is 0 Å². The van der Waals surface area contributed by atoms with E-state index in [1.165, 1.54) is 6.42 Å². The quantitative estimate of drug-likeness (QED) is 0.894. The van der Waals surface area contributed by atoms with Crippen molar-refractivity contribution in [2.45, 2.75) is 39.7 Å². The van der Waals surface area contributed by atoms with Crippen LogP contribution < -0.4 is 11.1 Å². The largest absolute Gasteiger partial charge is 0.328 e. The molecule has 1 fully saturated rings. The highest BCUT2D eigenvalue weighted by Crippen LogP contribution is 2.21. The number of nitrogens with zero attached hydrogens (tertiary/aromatic N) is 1. The number of anilines is 1. The van der Waals surface area contributed by atoms with Crippen LogP contribution in [0.15, 0.2) is 18.2 Å². The lowest BCUT2D eigenvalue weighted by Gasteiger charge is -2.34. The van der Waals surface area contributed by atoms with Crippen LogP contribution in [-0.4, -0.2) is 36.5 Å². The molecule has 1 aromatic carbocycles. The maximum atomic E-state index is 12.3. The number of piperidine rings is 1. The Morgan fingerprint density at radius 2 is 2.10 bits per heavy atom. The molecule has 4 nitrogen and oxygen atoms in total. The lowest BCUT2D eigenvalue weighted by Crippen LogP contribution is -2.45. The molecule has 0 aromatic heterocycles. The minimum absolute atomic E-state index is 0.0673. The van der Waals surface area contributed by atoms with E-state index in [1.54, 1.807) is 0 Å². The van der Waals surface area contributed by atoms with Crippen LogP contribution in [0.1, 0.15) is 30.9 Å². The number of aryl methyl sites for hydroxylation is 2. The fraction of sp³-hybridized carbons (Fsp3) is 0.588. The molecule has 1 saturated heterocycles. The Bertz CT molecular complexity index is 479. The summed E-state index contributed by atoms with van der Waals surface area (Å²) in [5, 5.41) is 3.06. The van der Waals surface area contributed by atoms with Gasteiger partial charge in [-0.05, 0) is 57.2 Å². The number of likely N-dealkylation sites (tertiary alicyclic amines) is 1. The molecule has 0 aliphatic carbocycles. The third-order valence-corrected chi connectivity index (χ3v) is 4.40. The predicted octanol–water partition coefficient (Wildman–Crippen LogP) is 2.30. The van der Waals surface area contributed by atoms with Crippen molar-refractivity contribution in [1.29, 1.82) is 0 Å². The molecule has 1 aromatic rings. The van der Waals surface area contributed by atoms with Crippen molar-refractivity contribution in [1.82, 2.24) is 4.90 Å². The lowest BCUT2D eigenvalue weighted by molar-refractivity contribution is -0.117. The molecule has 0 saturated carbocycles. The number of carbonyl (C=O) groups excluding carboxylic acids is 1. The van der Waals surface area contributed by atoms with E-state index in [0.29, 0.717) is 12.5 Å². The molecule has 1 amide bonds. The van der Waals surface area contributed by atoms with Crippen LogP contribution in [-0.2, 0) is 4.79 Å². The van der Waals surface area contributed by atoms with Crippen molar-refractivity contribution in [3.63, 3.8) is 0 Å². The highest BCUT2D eigenvalue weighted by molar-refractivity contribution is 5.93. The van der Waals surface area contributed by atoms with Gasteiger partial charge in [0.2, 0.25) is 5.91 Å². The van der Waals surface area contributed by atoms with Crippen molar-refractivity contribution in [2.24, 2.45) is 11.7 Å². The van der Waals surface area contributed by atoms with Crippen molar-refractivity contribution < 1.29 is 4.79 Å². The Morgan fingerprint density at radius 3 is 2.71 bits per heavy atom. The van der Waals surface area contributed by atoms with Crippen molar-refractivity contribution in [2.75, 3.05) is 25.0 Å². The molecule has 0 spiro atoms. The fourth-order valence-corrected chi connectivity index (χ4v) is 3.06. The number of hydrogen-bond donors (Lipinski definition) is 2. The first-order valence-electron chi connectivity index (χ1n) is 7.81. The van der Waals surface area contributed by atoms with Gasteiger partial charge in [-0.15, -0.1) is 0 Å². The van der Waals surface area contributed by atoms with E-state index in [-0.39, 0.29) is 11.9 Å². The number of amides is 1. The summed E-state index contributed by atoms with van der Waals surface area (Å²) in [4.78, 5) is 14.5. The molecule has 21 heavy (non-hydrogen) atoms. The Kier molecular flexibility index (Phi) is 5.37. The maximum Gasteiger partial charge on any atom is 0.238 e. The van der Waals surface area contributed by atoms with E-state index in [4.69, 9.17) is 5.73 Å². The molecule has 1 aliphatic heterocycles. The topological polar surface area (TPSA) is 58.4 Å². The first kappa shape index (κ1) is 16.0. The van der Waals surface area contributed by atoms with Gasteiger partial charge in [0.05, 0.1) is 6.54 Å². The summed E-state index contributed by atoms with van der Waals surface area (Å²) in [6.07, 6.45) is 2.30. The van der Waals surface area contributed by atoms with Crippen LogP contribution in [0.3, 0.4) is 0 Å². The second kappa shape index (κ2) is 7.05. The van der Waals surface area contributed by atoms with Gasteiger partial charge in [0, 0.05) is 18.3 Å². The zero-order valence-corrected chi connectivity index (χ0v) is 13.4. The summed E-state index contributed by atoms with van der Waals surface area (Å²) in [6.45, 7) is 8.48. The van der Waals surface area contributed by atoms with E-state index in [2.05, 4.69) is 17.1 Å². The van der Waals surface area contributed by atoms with Crippen molar-refractivity contribution >= 4 is 11.6 Å². The summed E-state index contributed by atoms with van der Waals surface area (Å²) < 4.78 is 0. The van der Waals surface area contributed by atoms with E-state index in [0.717, 1.165) is 36.3 Å². The number of benzene rings is 1. The summed E-state index contributed by atoms with van der Waals surface area (Å²) in [6, 6.07) is 6.26. The first-order valence-corrected chi connectivity index (χ1v) is 7.81. The highest BCUT2D eigenvalue weighted by Gasteiger charge is 2.24. The van der Waals surface area contributed by atoms with Gasteiger partial charge in [0.25, 0.3) is 0 Å². The van der Waals surface area contributed by atoms with Gasteiger partial charge in [-0.1, -0.05) is 18.2 Å². The van der Waals surface area contributed by atoms with Gasteiger partial charge in [0.15, 0.2) is 0 Å². The van der Waals surface area contributed by atoms with Crippen LogP contribution in [0.2, 0.25) is 0 Å². The smallest absolute Gasteiger partial charge is 0.238 e. The van der Waals surface area contributed by atoms with Crippen LogP contribution in [0.4, 0.5) is 5.69 Å². The molecule has 116 valence electrons. The fourth-order valence-electron chi connectivity index (χ4n) is 3.06. The number of hydrogen-bond acceptors (Lipinski definition) is 3. The Hall–Kier alpha value is -1.39. The summed E-state index contributed by atoms with van der Waals surface area (Å²) in [7, 11) is 0. The van der Waals surface area contributed by atoms with Gasteiger partial charge in [0.1, 0.15) is 0 Å². The molecular weight excluding hydrogens is 262 g/mol. The number of rotatable bonds is 4. The first-order chi connectivity index (χ1) is 9.97. The van der Waals surface area contributed by atoms with E-state index >= 15 is 0 Å². The molecule has 4 heteroatoms. The molecule has 0 radical (unpaired) electrons. The number of nitrogens with two attached hydrogens (primary N) is 1. The lowest BCUT2D eigenvalue weighted by atomic mass is 9.92. The summed E-state index contributed by atoms with van der Waals surface area (Å²) >= 11 is 0. The third-order valence-electron chi connectivity index (χ3n) is 4.40. The monoisotopic (exact) mass is 289 g/mol. The zero-order chi connectivity index (χ0) is 15.4.